The van der Waals surface area contributed by atoms with Gasteiger partial charge < -0.3 is 14.8 Å². The Bertz CT molecular complexity index is 1070. The summed E-state index contributed by atoms with van der Waals surface area (Å²) in [6.07, 6.45) is 1.88. The molecule has 29 heavy (non-hydrogen) atoms. The summed E-state index contributed by atoms with van der Waals surface area (Å²) >= 11 is 0. The molecular formula is C25H23NO3. The van der Waals surface area contributed by atoms with Gasteiger partial charge in [0, 0.05) is 16.8 Å². The predicted octanol–water partition coefficient (Wildman–Crippen LogP) is 5.47. The van der Waals surface area contributed by atoms with Crippen molar-refractivity contribution in [2.75, 3.05) is 11.9 Å². The van der Waals surface area contributed by atoms with E-state index in [1.165, 1.54) is 5.56 Å². The summed E-state index contributed by atoms with van der Waals surface area (Å²) < 4.78 is 11.8. The minimum atomic E-state index is -0.0937. The number of amides is 1. The second-order valence-corrected chi connectivity index (χ2v) is 6.97. The molecule has 1 aliphatic heterocycles. The highest BCUT2D eigenvalue weighted by Crippen LogP contribution is 2.35. The fraction of sp³-hybridized carbons (Fsp3) is 0.160. The lowest BCUT2D eigenvalue weighted by molar-refractivity contribution is -0.110. The van der Waals surface area contributed by atoms with Crippen molar-refractivity contribution < 1.29 is 14.3 Å². The van der Waals surface area contributed by atoms with E-state index in [1.54, 1.807) is 0 Å². The number of aryl methyl sites for hydroxylation is 1. The molecule has 0 bridgehead atoms. The third-order valence-electron chi connectivity index (χ3n) is 4.80. The predicted molar refractivity (Wildman–Crippen MR) is 116 cm³/mol. The molecule has 1 aliphatic rings. The van der Waals surface area contributed by atoms with Crippen molar-refractivity contribution in [1.29, 1.82) is 0 Å². The molecule has 4 nitrogen and oxygen atoms in total. The Labute approximate surface area is 170 Å². The molecule has 0 unspecified atom stereocenters. The lowest BCUT2D eigenvalue weighted by atomic mass is 10.0. The van der Waals surface area contributed by atoms with Gasteiger partial charge in [-0.2, -0.15) is 0 Å². The summed E-state index contributed by atoms with van der Waals surface area (Å²) in [7, 11) is 0. The van der Waals surface area contributed by atoms with Gasteiger partial charge in [0.1, 0.15) is 6.61 Å². The van der Waals surface area contributed by atoms with Gasteiger partial charge in [0.2, 0.25) is 0 Å². The van der Waals surface area contributed by atoms with E-state index in [1.807, 2.05) is 55.5 Å². The number of fused-ring (bicyclic) bond motifs is 1. The van der Waals surface area contributed by atoms with Crippen LogP contribution in [0.5, 0.6) is 11.5 Å². The van der Waals surface area contributed by atoms with Crippen LogP contribution < -0.4 is 14.8 Å². The maximum Gasteiger partial charge on any atom is 0.256 e. The third kappa shape index (κ3) is 4.16. The third-order valence-corrected chi connectivity index (χ3v) is 4.80. The molecule has 3 aromatic rings. The van der Waals surface area contributed by atoms with E-state index >= 15 is 0 Å². The number of carbonyl (C=O) groups excluding carboxylic acids is 1. The minimum Gasteiger partial charge on any atom is -0.490 e. The van der Waals surface area contributed by atoms with Crippen molar-refractivity contribution in [3.05, 3.63) is 89.0 Å². The number of carbonyl (C=O) groups is 1. The Morgan fingerprint density at radius 2 is 1.72 bits per heavy atom. The Morgan fingerprint density at radius 3 is 2.52 bits per heavy atom. The van der Waals surface area contributed by atoms with Crippen LogP contribution in [0.2, 0.25) is 0 Å². The van der Waals surface area contributed by atoms with Gasteiger partial charge in [-0.05, 0) is 49.2 Å². The van der Waals surface area contributed by atoms with Crippen molar-refractivity contribution in [2.24, 2.45) is 0 Å². The number of hydrogen-bond acceptors (Lipinski definition) is 3. The minimum absolute atomic E-state index is 0.0937. The van der Waals surface area contributed by atoms with Crippen LogP contribution in [-0.2, 0) is 11.4 Å². The van der Waals surface area contributed by atoms with Gasteiger partial charge in [-0.1, -0.05) is 54.1 Å². The Kier molecular flexibility index (Phi) is 5.34. The molecule has 3 aromatic carbocycles. The lowest BCUT2D eigenvalue weighted by Crippen LogP contribution is -2.03. The lowest BCUT2D eigenvalue weighted by Gasteiger charge is -2.13. The molecule has 146 valence electrons. The smallest absolute Gasteiger partial charge is 0.256 e. The summed E-state index contributed by atoms with van der Waals surface area (Å²) in [5.74, 6) is 1.26. The number of anilines is 1. The standard InChI is InChI=1S/C25H23NO3/c1-3-28-24-15-19(14-21-20-6-4-5-7-22(20)26-25(21)27)12-13-23(24)29-16-18-10-8-17(2)9-11-18/h4-15H,3,16H2,1-2H3,(H,26,27)/b21-14-. The molecule has 0 fully saturated rings. The van der Waals surface area contributed by atoms with Crippen molar-refractivity contribution in [2.45, 2.75) is 20.5 Å². The van der Waals surface area contributed by atoms with Gasteiger partial charge in [0.05, 0.1) is 6.61 Å². The molecule has 1 amide bonds. The molecule has 0 atom stereocenters. The highest BCUT2D eigenvalue weighted by molar-refractivity contribution is 6.34. The number of rotatable bonds is 6. The maximum atomic E-state index is 12.4. The molecule has 0 aliphatic carbocycles. The maximum absolute atomic E-state index is 12.4. The fourth-order valence-corrected chi connectivity index (χ4v) is 3.30. The van der Waals surface area contributed by atoms with Crippen LogP contribution in [0.25, 0.3) is 11.6 Å². The molecular weight excluding hydrogens is 362 g/mol. The van der Waals surface area contributed by atoms with Crippen molar-refractivity contribution in [3.63, 3.8) is 0 Å². The molecule has 0 radical (unpaired) electrons. The van der Waals surface area contributed by atoms with Gasteiger partial charge in [-0.15, -0.1) is 0 Å². The van der Waals surface area contributed by atoms with Crippen LogP contribution in [0, 0.1) is 6.92 Å². The first-order chi connectivity index (χ1) is 14.1. The van der Waals surface area contributed by atoms with Crippen LogP contribution in [0.4, 0.5) is 5.69 Å². The number of hydrogen-bond donors (Lipinski definition) is 1. The highest BCUT2D eigenvalue weighted by Gasteiger charge is 2.23. The van der Waals surface area contributed by atoms with Gasteiger partial charge >= 0.3 is 0 Å². The van der Waals surface area contributed by atoms with Crippen molar-refractivity contribution >= 4 is 23.2 Å². The van der Waals surface area contributed by atoms with E-state index in [9.17, 15) is 4.79 Å². The Morgan fingerprint density at radius 1 is 0.931 bits per heavy atom. The number of nitrogens with one attached hydrogen (secondary N) is 1. The van der Waals surface area contributed by atoms with E-state index < -0.39 is 0 Å². The van der Waals surface area contributed by atoms with Crippen LogP contribution >= 0.6 is 0 Å². The van der Waals surface area contributed by atoms with Crippen molar-refractivity contribution in [1.82, 2.24) is 0 Å². The summed E-state index contributed by atoms with van der Waals surface area (Å²) in [5, 5.41) is 2.90. The first-order valence-corrected chi connectivity index (χ1v) is 9.71. The van der Waals surface area contributed by atoms with Crippen LogP contribution in [0.1, 0.15) is 29.2 Å². The summed E-state index contributed by atoms with van der Waals surface area (Å²) in [6.45, 7) is 5.00. The van der Waals surface area contributed by atoms with Gasteiger partial charge in [-0.25, -0.2) is 0 Å². The van der Waals surface area contributed by atoms with E-state index in [0.717, 1.165) is 22.4 Å². The normalized spacial score (nSPS) is 13.9. The number of benzene rings is 3. The van der Waals surface area contributed by atoms with Crippen molar-refractivity contribution in [3.8, 4) is 11.5 Å². The van der Waals surface area contributed by atoms with E-state index in [2.05, 4.69) is 36.5 Å². The first kappa shape index (κ1) is 18.8. The molecule has 1 heterocycles. The number of ether oxygens (including phenoxy) is 2. The van der Waals surface area contributed by atoms with Gasteiger partial charge in [0.15, 0.2) is 11.5 Å². The fourth-order valence-electron chi connectivity index (χ4n) is 3.30. The van der Waals surface area contributed by atoms with E-state index in [0.29, 0.717) is 30.3 Å². The zero-order valence-corrected chi connectivity index (χ0v) is 16.6. The molecule has 0 saturated heterocycles. The summed E-state index contributed by atoms with van der Waals surface area (Å²) in [4.78, 5) is 12.4. The number of para-hydroxylation sites is 1. The molecule has 0 saturated carbocycles. The average Bonchev–Trinajstić information content (AvgIpc) is 3.04. The zero-order valence-electron chi connectivity index (χ0n) is 16.6. The Hall–Kier alpha value is -3.53. The van der Waals surface area contributed by atoms with Gasteiger partial charge in [0.25, 0.3) is 5.91 Å². The molecule has 1 N–H and O–H groups in total. The highest BCUT2D eigenvalue weighted by atomic mass is 16.5. The van der Waals surface area contributed by atoms with Gasteiger partial charge in [-0.3, -0.25) is 4.79 Å². The molecule has 4 heteroatoms. The quantitative estimate of drug-likeness (QED) is 0.573. The summed E-state index contributed by atoms with van der Waals surface area (Å²) in [6, 6.07) is 21.7. The van der Waals surface area contributed by atoms with E-state index in [-0.39, 0.29) is 5.91 Å². The topological polar surface area (TPSA) is 47.6 Å². The zero-order chi connectivity index (χ0) is 20.2. The Balaban J connectivity index is 1.59. The molecule has 0 aromatic heterocycles. The SMILES string of the molecule is CCOc1cc(/C=C2\C(=O)Nc3ccccc32)ccc1OCc1ccc(C)cc1. The largest absolute Gasteiger partial charge is 0.490 e. The molecule has 0 spiro atoms. The molecule has 4 rings (SSSR count). The second-order valence-electron chi connectivity index (χ2n) is 6.97. The first-order valence-electron chi connectivity index (χ1n) is 9.71. The van der Waals surface area contributed by atoms with Crippen LogP contribution in [0.3, 0.4) is 0 Å². The second kappa shape index (κ2) is 8.23. The van der Waals surface area contributed by atoms with Crippen LogP contribution in [0.15, 0.2) is 66.7 Å². The monoisotopic (exact) mass is 385 g/mol. The van der Waals surface area contributed by atoms with Crippen LogP contribution in [-0.4, -0.2) is 12.5 Å². The summed E-state index contributed by atoms with van der Waals surface area (Å²) in [5.41, 5.74) is 5.61. The average molecular weight is 385 g/mol. The van der Waals surface area contributed by atoms with E-state index in [4.69, 9.17) is 9.47 Å².